The second-order valence-corrected chi connectivity index (χ2v) is 6.65. The number of benzene rings is 1. The summed E-state index contributed by atoms with van der Waals surface area (Å²) < 4.78 is 22.2. The van der Waals surface area contributed by atoms with Crippen molar-refractivity contribution < 1.29 is 8.42 Å². The van der Waals surface area contributed by atoms with Crippen molar-refractivity contribution in [2.75, 3.05) is 36.2 Å². The number of anilines is 2. The first kappa shape index (κ1) is 12.7. The van der Waals surface area contributed by atoms with Gasteiger partial charge in [-0.15, -0.1) is 0 Å². The van der Waals surface area contributed by atoms with Crippen LogP contribution in [-0.4, -0.2) is 44.0 Å². The lowest BCUT2D eigenvalue weighted by Gasteiger charge is -2.14. The molecular formula is C11H16N4O2S. The molecule has 0 radical (unpaired) electrons. The molecule has 0 fully saturated rings. The van der Waals surface area contributed by atoms with Crippen LogP contribution < -0.4 is 10.6 Å². The van der Waals surface area contributed by atoms with E-state index in [0.29, 0.717) is 18.2 Å². The maximum absolute atomic E-state index is 11.1. The molecule has 0 unspecified atom stereocenters. The fraction of sp³-hybridized carbons (Fsp3) is 0.364. The fourth-order valence-electron chi connectivity index (χ4n) is 1.60. The number of imidazole rings is 1. The van der Waals surface area contributed by atoms with Crippen molar-refractivity contribution in [3.05, 3.63) is 18.2 Å². The Morgan fingerprint density at radius 2 is 2.17 bits per heavy atom. The minimum absolute atomic E-state index is 0.0999. The Bertz CT molecular complexity index is 663. The van der Waals surface area contributed by atoms with E-state index in [9.17, 15) is 8.42 Å². The van der Waals surface area contributed by atoms with Gasteiger partial charge in [0.05, 0.1) is 16.8 Å². The Labute approximate surface area is 106 Å². The van der Waals surface area contributed by atoms with Crippen LogP contribution in [0.1, 0.15) is 0 Å². The fourth-order valence-corrected chi connectivity index (χ4v) is 2.21. The van der Waals surface area contributed by atoms with Gasteiger partial charge in [0.1, 0.15) is 9.84 Å². The molecule has 0 bridgehead atoms. The summed E-state index contributed by atoms with van der Waals surface area (Å²) in [6.45, 7) is 0.397. The largest absolute Gasteiger partial charge is 0.399 e. The summed E-state index contributed by atoms with van der Waals surface area (Å²) in [5.74, 6) is 0.738. The highest BCUT2D eigenvalue weighted by Crippen LogP contribution is 2.18. The zero-order valence-electron chi connectivity index (χ0n) is 10.3. The average Bonchev–Trinajstić information content (AvgIpc) is 2.67. The van der Waals surface area contributed by atoms with Gasteiger partial charge in [-0.3, -0.25) is 0 Å². The first-order chi connectivity index (χ1) is 8.35. The smallest absolute Gasteiger partial charge is 0.203 e. The molecule has 3 N–H and O–H groups in total. The van der Waals surface area contributed by atoms with Gasteiger partial charge in [-0.05, 0) is 18.2 Å². The Hall–Kier alpha value is -1.76. The second-order valence-electron chi connectivity index (χ2n) is 4.39. The van der Waals surface area contributed by atoms with E-state index in [-0.39, 0.29) is 5.75 Å². The molecule has 1 aromatic carbocycles. The zero-order valence-corrected chi connectivity index (χ0v) is 11.2. The van der Waals surface area contributed by atoms with Gasteiger partial charge in [0.15, 0.2) is 0 Å². The SMILES string of the molecule is CN(CCS(C)(=O)=O)c1nc2ccc(N)cc2[nH]1. The van der Waals surface area contributed by atoms with Crippen LogP contribution in [0.15, 0.2) is 18.2 Å². The van der Waals surface area contributed by atoms with Crippen molar-refractivity contribution in [2.24, 2.45) is 0 Å². The summed E-state index contributed by atoms with van der Waals surface area (Å²) in [4.78, 5) is 9.26. The van der Waals surface area contributed by atoms with Crippen LogP contribution in [0.25, 0.3) is 11.0 Å². The summed E-state index contributed by atoms with van der Waals surface area (Å²) in [5.41, 5.74) is 8.00. The first-order valence-corrected chi connectivity index (χ1v) is 7.55. The van der Waals surface area contributed by atoms with Gasteiger partial charge in [-0.2, -0.15) is 0 Å². The molecule has 18 heavy (non-hydrogen) atoms. The van der Waals surface area contributed by atoms with Crippen LogP contribution in [0.4, 0.5) is 11.6 Å². The van der Waals surface area contributed by atoms with Crippen molar-refractivity contribution in [2.45, 2.75) is 0 Å². The van der Waals surface area contributed by atoms with Crippen molar-refractivity contribution in [1.82, 2.24) is 9.97 Å². The number of nitrogens with one attached hydrogen (secondary N) is 1. The standard InChI is InChI=1S/C11H16N4O2S/c1-15(5-6-18(2,16)17)11-13-9-4-3-8(12)7-10(9)14-11/h3-4,7H,5-6,12H2,1-2H3,(H,13,14). The number of fused-ring (bicyclic) bond motifs is 1. The van der Waals surface area contributed by atoms with E-state index >= 15 is 0 Å². The van der Waals surface area contributed by atoms with E-state index in [1.807, 2.05) is 6.07 Å². The molecule has 1 heterocycles. The number of aromatic amines is 1. The van der Waals surface area contributed by atoms with Gasteiger partial charge < -0.3 is 15.6 Å². The number of nitrogens with two attached hydrogens (primary N) is 1. The van der Waals surface area contributed by atoms with Crippen molar-refractivity contribution in [3.63, 3.8) is 0 Å². The molecule has 0 aliphatic carbocycles. The molecule has 7 heteroatoms. The van der Waals surface area contributed by atoms with Crippen LogP contribution in [0, 0.1) is 0 Å². The third-order valence-corrected chi connectivity index (χ3v) is 3.58. The molecule has 0 saturated carbocycles. The van der Waals surface area contributed by atoms with Gasteiger partial charge in [0, 0.05) is 25.5 Å². The van der Waals surface area contributed by atoms with Crippen molar-refractivity contribution in [3.8, 4) is 0 Å². The van der Waals surface area contributed by atoms with Crippen LogP contribution in [0.3, 0.4) is 0 Å². The van der Waals surface area contributed by atoms with E-state index in [4.69, 9.17) is 5.73 Å². The highest BCUT2D eigenvalue weighted by molar-refractivity contribution is 7.90. The molecule has 98 valence electrons. The van der Waals surface area contributed by atoms with Gasteiger partial charge >= 0.3 is 0 Å². The normalized spacial score (nSPS) is 11.9. The number of aromatic nitrogens is 2. The molecule has 2 aromatic rings. The van der Waals surface area contributed by atoms with Crippen LogP contribution in [0.5, 0.6) is 0 Å². The van der Waals surface area contributed by atoms with Crippen LogP contribution >= 0.6 is 0 Å². The van der Waals surface area contributed by atoms with E-state index < -0.39 is 9.84 Å². The van der Waals surface area contributed by atoms with Gasteiger partial charge in [0.2, 0.25) is 5.95 Å². The number of sulfone groups is 1. The predicted octanol–water partition coefficient (Wildman–Crippen LogP) is 0.626. The van der Waals surface area contributed by atoms with E-state index in [0.717, 1.165) is 11.0 Å². The van der Waals surface area contributed by atoms with Crippen molar-refractivity contribution >= 4 is 32.5 Å². The number of nitrogen functional groups attached to an aromatic ring is 1. The van der Waals surface area contributed by atoms with Gasteiger partial charge in [0.25, 0.3) is 0 Å². The average molecular weight is 268 g/mol. The summed E-state index contributed by atoms with van der Waals surface area (Å²) in [6, 6.07) is 5.41. The van der Waals surface area contributed by atoms with E-state index in [2.05, 4.69) is 9.97 Å². The Kier molecular flexibility index (Phi) is 3.16. The van der Waals surface area contributed by atoms with Crippen LogP contribution in [0.2, 0.25) is 0 Å². The van der Waals surface area contributed by atoms with E-state index in [1.54, 1.807) is 24.1 Å². The monoisotopic (exact) mass is 268 g/mol. The Balaban J connectivity index is 2.20. The summed E-state index contributed by atoms with van der Waals surface area (Å²) in [5, 5.41) is 0. The van der Waals surface area contributed by atoms with Gasteiger partial charge in [-0.1, -0.05) is 0 Å². The topological polar surface area (TPSA) is 92.1 Å². The Morgan fingerprint density at radius 1 is 1.44 bits per heavy atom. The van der Waals surface area contributed by atoms with Crippen LogP contribution in [-0.2, 0) is 9.84 Å². The lowest BCUT2D eigenvalue weighted by Crippen LogP contribution is -2.25. The maximum Gasteiger partial charge on any atom is 0.203 e. The molecule has 2 rings (SSSR count). The van der Waals surface area contributed by atoms with E-state index in [1.165, 1.54) is 6.26 Å². The number of H-pyrrole nitrogens is 1. The molecule has 6 nitrogen and oxygen atoms in total. The lowest BCUT2D eigenvalue weighted by molar-refractivity contribution is 0.601. The highest BCUT2D eigenvalue weighted by atomic mass is 32.2. The molecule has 0 spiro atoms. The summed E-state index contributed by atoms with van der Waals surface area (Å²) >= 11 is 0. The number of rotatable bonds is 4. The molecule has 0 amide bonds. The minimum Gasteiger partial charge on any atom is -0.399 e. The summed E-state index contributed by atoms with van der Waals surface area (Å²) in [6.07, 6.45) is 1.22. The lowest BCUT2D eigenvalue weighted by atomic mass is 10.3. The zero-order chi connectivity index (χ0) is 13.3. The van der Waals surface area contributed by atoms with Gasteiger partial charge in [-0.25, -0.2) is 13.4 Å². The molecule has 0 aliphatic rings. The quantitative estimate of drug-likeness (QED) is 0.793. The second kappa shape index (κ2) is 4.49. The molecule has 0 atom stereocenters. The number of hydrogen-bond acceptors (Lipinski definition) is 5. The third kappa shape index (κ3) is 2.92. The Morgan fingerprint density at radius 3 is 2.83 bits per heavy atom. The molecule has 0 aliphatic heterocycles. The first-order valence-electron chi connectivity index (χ1n) is 5.49. The number of hydrogen-bond donors (Lipinski definition) is 2. The third-order valence-electron chi connectivity index (χ3n) is 2.65. The highest BCUT2D eigenvalue weighted by Gasteiger charge is 2.10. The minimum atomic E-state index is -2.97. The summed E-state index contributed by atoms with van der Waals surface area (Å²) in [7, 11) is -1.17. The maximum atomic E-state index is 11.1. The molecular weight excluding hydrogens is 252 g/mol. The predicted molar refractivity (Wildman–Crippen MR) is 73.5 cm³/mol. The van der Waals surface area contributed by atoms with Crippen molar-refractivity contribution in [1.29, 1.82) is 0 Å². The molecule has 1 aromatic heterocycles. The molecule has 0 saturated heterocycles. The number of nitrogens with zero attached hydrogens (tertiary/aromatic N) is 2.